The summed E-state index contributed by atoms with van der Waals surface area (Å²) in [4.78, 5) is 26.4. The number of benzene rings is 3. The van der Waals surface area contributed by atoms with Crippen molar-refractivity contribution in [1.82, 2.24) is 19.4 Å². The van der Waals surface area contributed by atoms with E-state index in [-0.39, 0.29) is 22.8 Å². The number of fused-ring (bicyclic) bond motifs is 1. The molecule has 47 heavy (non-hydrogen) atoms. The van der Waals surface area contributed by atoms with E-state index in [9.17, 15) is 13.2 Å². The van der Waals surface area contributed by atoms with Crippen LogP contribution in [0, 0.1) is 19.8 Å². The van der Waals surface area contributed by atoms with E-state index in [2.05, 4.69) is 34.4 Å². The van der Waals surface area contributed by atoms with Crippen LogP contribution in [0.5, 0.6) is 0 Å². The highest BCUT2D eigenvalue weighted by Crippen LogP contribution is 2.30. The molecule has 9 nitrogen and oxygen atoms in total. The van der Waals surface area contributed by atoms with Crippen LogP contribution >= 0.6 is 0 Å². The van der Waals surface area contributed by atoms with Gasteiger partial charge in [0.2, 0.25) is 5.95 Å². The molecule has 0 amide bonds. The molecule has 0 bridgehead atoms. The maximum atomic E-state index is 14.4. The Kier molecular flexibility index (Phi) is 9.54. The van der Waals surface area contributed by atoms with Crippen molar-refractivity contribution in [2.24, 2.45) is 5.92 Å². The maximum Gasteiger partial charge on any atom is 0.260 e. The van der Waals surface area contributed by atoms with Crippen LogP contribution < -0.4 is 10.9 Å². The Bertz CT molecular complexity index is 2080. The normalized spacial score (nSPS) is 15.4. The van der Waals surface area contributed by atoms with Gasteiger partial charge in [0, 0.05) is 36.5 Å². The van der Waals surface area contributed by atoms with Gasteiger partial charge < -0.3 is 15.0 Å². The summed E-state index contributed by atoms with van der Waals surface area (Å²) in [5, 5.41) is 3.99. The summed E-state index contributed by atoms with van der Waals surface area (Å²) in [6.07, 6.45) is 4.00. The molecule has 1 aliphatic heterocycles. The van der Waals surface area contributed by atoms with Gasteiger partial charge >= 0.3 is 0 Å². The second kappa shape index (κ2) is 13.8. The molecular weight excluding hydrogens is 611 g/mol. The summed E-state index contributed by atoms with van der Waals surface area (Å²) in [7, 11) is 0.0294. The van der Waals surface area contributed by atoms with Gasteiger partial charge in [-0.1, -0.05) is 48.5 Å². The summed E-state index contributed by atoms with van der Waals surface area (Å²) >= 11 is 0. The van der Waals surface area contributed by atoms with Crippen molar-refractivity contribution < 1.29 is 13.2 Å². The summed E-state index contributed by atoms with van der Waals surface area (Å²) in [5.74, 6) is 0.924. The minimum Gasteiger partial charge on any atom is -0.384 e. The van der Waals surface area contributed by atoms with E-state index in [1.54, 1.807) is 42.0 Å². The quantitative estimate of drug-likeness (QED) is 0.192. The van der Waals surface area contributed by atoms with E-state index in [0.29, 0.717) is 46.1 Å². The second-order valence-corrected chi connectivity index (χ2v) is 14.6. The monoisotopic (exact) mass is 651 g/mol. The zero-order valence-corrected chi connectivity index (χ0v) is 28.2. The Morgan fingerprint density at radius 1 is 1.00 bits per heavy atom. The fourth-order valence-corrected chi connectivity index (χ4v) is 7.91. The van der Waals surface area contributed by atoms with Crippen LogP contribution in [0.1, 0.15) is 28.7 Å². The Balaban J connectivity index is 1.39. The number of aromatic nitrogens is 3. The molecule has 0 radical (unpaired) electrons. The molecule has 1 fully saturated rings. The molecule has 244 valence electrons. The van der Waals surface area contributed by atoms with E-state index >= 15 is 0 Å². The van der Waals surface area contributed by atoms with Gasteiger partial charge in [0.1, 0.15) is 5.65 Å². The van der Waals surface area contributed by atoms with Crippen molar-refractivity contribution in [3.05, 3.63) is 112 Å². The van der Waals surface area contributed by atoms with Gasteiger partial charge in [-0.2, -0.15) is 4.98 Å². The molecule has 1 unspecified atom stereocenters. The number of pyridine rings is 1. The molecule has 0 aliphatic carbocycles. The first-order valence-electron chi connectivity index (χ1n) is 15.9. The lowest BCUT2D eigenvalue weighted by Crippen LogP contribution is -2.24. The molecule has 3 aromatic carbocycles. The highest BCUT2D eigenvalue weighted by Gasteiger charge is 2.22. The molecule has 10 heteroatoms. The number of rotatable bonds is 11. The summed E-state index contributed by atoms with van der Waals surface area (Å²) < 4.78 is 33.0. The first-order valence-corrected chi connectivity index (χ1v) is 17.6. The van der Waals surface area contributed by atoms with E-state index in [4.69, 9.17) is 9.72 Å². The van der Waals surface area contributed by atoms with Crippen LogP contribution in [0.25, 0.3) is 22.2 Å². The average Bonchev–Trinajstić information content (AvgIpc) is 3.47. The lowest BCUT2D eigenvalue weighted by Gasteiger charge is -2.17. The second-order valence-electron chi connectivity index (χ2n) is 12.5. The molecule has 5 aromatic rings. The number of aryl methyl sites for hydroxylation is 1. The zero-order valence-electron chi connectivity index (χ0n) is 27.4. The van der Waals surface area contributed by atoms with Gasteiger partial charge in [-0.05, 0) is 98.3 Å². The van der Waals surface area contributed by atoms with Crippen LogP contribution in [-0.2, 0) is 27.5 Å². The highest BCUT2D eigenvalue weighted by molar-refractivity contribution is 7.91. The Labute approximate surface area is 276 Å². The van der Waals surface area contributed by atoms with Gasteiger partial charge in [0.15, 0.2) is 9.84 Å². The van der Waals surface area contributed by atoms with Gasteiger partial charge in [0.05, 0.1) is 23.8 Å². The molecule has 0 saturated carbocycles. The van der Waals surface area contributed by atoms with Gasteiger partial charge in [-0.25, -0.2) is 13.4 Å². The highest BCUT2D eigenvalue weighted by atomic mass is 32.2. The number of ether oxygens (including phenoxy) is 1. The topological polar surface area (TPSA) is 106 Å². The first-order chi connectivity index (χ1) is 22.6. The standard InChI is InChI=1S/C37H41N5O4S/c1-25-8-5-6-9-29(25)24-42-35-30(21-33(36(42)43)32-10-7-11-34(26(32)2)47(44,45)19-18-46-4)22-38-37(40-35)39-31-14-12-27(13-15-31)20-28-16-17-41(3)23-28/h5-15,21-22,28H,16-20,23-24H2,1-4H3,(H,38,39,40). The third kappa shape index (κ3) is 7.15. The lowest BCUT2D eigenvalue weighted by molar-refractivity contribution is 0.217. The predicted octanol–water partition coefficient (Wildman–Crippen LogP) is 5.78. The Morgan fingerprint density at radius 2 is 1.79 bits per heavy atom. The van der Waals surface area contributed by atoms with E-state index in [1.165, 1.54) is 19.1 Å². The molecular formula is C37H41N5O4S. The van der Waals surface area contributed by atoms with Crippen LogP contribution in [0.3, 0.4) is 0 Å². The smallest absolute Gasteiger partial charge is 0.260 e. The molecule has 0 spiro atoms. The molecule has 1 saturated heterocycles. The number of hydrogen-bond donors (Lipinski definition) is 1. The van der Waals surface area contributed by atoms with Crippen LogP contribution in [0.2, 0.25) is 0 Å². The van der Waals surface area contributed by atoms with Crippen molar-refractivity contribution >= 4 is 32.5 Å². The SMILES string of the molecule is COCCS(=O)(=O)c1cccc(-c2cc3cnc(Nc4ccc(CC5CCN(C)C5)cc4)nc3n(Cc3ccccc3C)c2=O)c1C. The first kappa shape index (κ1) is 32.6. The predicted molar refractivity (Wildman–Crippen MR) is 187 cm³/mol. The Hall–Kier alpha value is -4.38. The third-order valence-electron chi connectivity index (χ3n) is 9.11. The van der Waals surface area contributed by atoms with E-state index in [1.807, 2.05) is 43.3 Å². The molecule has 2 aromatic heterocycles. The fourth-order valence-electron chi connectivity index (χ4n) is 6.44. The maximum absolute atomic E-state index is 14.4. The molecule has 1 aliphatic rings. The zero-order chi connectivity index (χ0) is 33.1. The average molecular weight is 652 g/mol. The van der Waals surface area contributed by atoms with Crippen molar-refractivity contribution in [3.8, 4) is 11.1 Å². The summed E-state index contributed by atoms with van der Waals surface area (Å²) in [5.41, 5.74) is 5.90. The van der Waals surface area contributed by atoms with Crippen molar-refractivity contribution in [2.45, 2.75) is 38.1 Å². The number of methoxy groups -OCH3 is 1. The van der Waals surface area contributed by atoms with Gasteiger partial charge in [0.25, 0.3) is 5.56 Å². The molecule has 6 rings (SSSR count). The van der Waals surface area contributed by atoms with Crippen molar-refractivity contribution in [3.63, 3.8) is 0 Å². The summed E-state index contributed by atoms with van der Waals surface area (Å²) in [6.45, 7) is 6.43. The fraction of sp³-hybridized carbons (Fsp3) is 0.324. The minimum absolute atomic E-state index is 0.0847. The lowest BCUT2D eigenvalue weighted by atomic mass is 9.98. The van der Waals surface area contributed by atoms with E-state index in [0.717, 1.165) is 36.3 Å². The Morgan fingerprint density at radius 3 is 2.51 bits per heavy atom. The molecule has 3 heterocycles. The van der Waals surface area contributed by atoms with Crippen molar-refractivity contribution in [1.29, 1.82) is 0 Å². The van der Waals surface area contributed by atoms with Crippen molar-refractivity contribution in [2.75, 3.05) is 44.9 Å². The number of anilines is 2. The van der Waals surface area contributed by atoms with Crippen LogP contribution in [0.4, 0.5) is 11.6 Å². The minimum atomic E-state index is -3.62. The third-order valence-corrected chi connectivity index (χ3v) is 10.9. The van der Waals surface area contributed by atoms with Gasteiger partial charge in [-0.3, -0.25) is 9.36 Å². The molecule has 1 atom stereocenters. The van der Waals surface area contributed by atoms with Crippen LogP contribution in [-0.4, -0.2) is 67.5 Å². The number of hydrogen-bond acceptors (Lipinski definition) is 8. The number of nitrogens with one attached hydrogen (secondary N) is 1. The van der Waals surface area contributed by atoms with E-state index < -0.39 is 9.84 Å². The van der Waals surface area contributed by atoms with Crippen LogP contribution in [0.15, 0.2) is 88.7 Å². The number of nitrogens with zero attached hydrogens (tertiary/aromatic N) is 4. The van der Waals surface area contributed by atoms with Gasteiger partial charge in [-0.15, -0.1) is 0 Å². The summed E-state index contributed by atoms with van der Waals surface area (Å²) in [6, 6.07) is 23.1. The number of likely N-dealkylation sites (tertiary alicyclic amines) is 1. The number of sulfone groups is 1. The largest absolute Gasteiger partial charge is 0.384 e. The molecule has 1 N–H and O–H groups in total.